The first-order valence-corrected chi connectivity index (χ1v) is 8.56. The van der Waals surface area contributed by atoms with Gasteiger partial charge in [-0.05, 0) is 31.0 Å². The Hall–Kier alpha value is -2.41. The van der Waals surface area contributed by atoms with E-state index in [4.69, 9.17) is 4.74 Å². The van der Waals surface area contributed by atoms with Gasteiger partial charge in [0.15, 0.2) is 0 Å². The standard InChI is InChI=1S/C18H22N2O5/c21-15-12-25-10-9-20(15)14-6-4-5-13(11-14)19-16(22)18(17(23)24)7-2-1-3-8-18/h4-6,11H,1-3,7-10,12H2,(H,19,22)(H,23,24). The maximum atomic E-state index is 12.7. The molecule has 1 aromatic rings. The number of nitrogens with zero attached hydrogens (tertiary/aromatic N) is 1. The predicted molar refractivity (Wildman–Crippen MR) is 91.4 cm³/mol. The number of aliphatic carboxylic acids is 1. The summed E-state index contributed by atoms with van der Waals surface area (Å²) in [6.45, 7) is 0.957. The molecule has 7 nitrogen and oxygen atoms in total. The van der Waals surface area contributed by atoms with Crippen molar-refractivity contribution in [2.45, 2.75) is 32.1 Å². The largest absolute Gasteiger partial charge is 0.480 e. The predicted octanol–water partition coefficient (Wildman–Crippen LogP) is 2.02. The highest BCUT2D eigenvalue weighted by molar-refractivity contribution is 6.08. The molecule has 1 aromatic carbocycles. The average molecular weight is 346 g/mol. The van der Waals surface area contributed by atoms with Crippen LogP contribution in [0.15, 0.2) is 24.3 Å². The number of morpholine rings is 1. The summed E-state index contributed by atoms with van der Waals surface area (Å²) in [4.78, 5) is 38.0. The monoisotopic (exact) mass is 346 g/mol. The summed E-state index contributed by atoms with van der Waals surface area (Å²) in [7, 11) is 0. The van der Waals surface area contributed by atoms with Gasteiger partial charge in [-0.25, -0.2) is 0 Å². The molecule has 1 aliphatic carbocycles. The Kier molecular flexibility index (Phi) is 5.03. The number of hydrogen-bond donors (Lipinski definition) is 2. The van der Waals surface area contributed by atoms with E-state index in [-0.39, 0.29) is 12.5 Å². The summed E-state index contributed by atoms with van der Waals surface area (Å²) < 4.78 is 5.12. The molecule has 2 aliphatic rings. The molecule has 3 rings (SSSR count). The van der Waals surface area contributed by atoms with Crippen LogP contribution in [0.4, 0.5) is 11.4 Å². The highest BCUT2D eigenvalue weighted by atomic mass is 16.5. The molecule has 2 N–H and O–H groups in total. The second-order valence-corrected chi connectivity index (χ2v) is 6.55. The SMILES string of the molecule is O=C1COCCN1c1cccc(NC(=O)C2(C(=O)O)CCCCC2)c1. The highest BCUT2D eigenvalue weighted by Gasteiger charge is 2.46. The fourth-order valence-electron chi connectivity index (χ4n) is 3.49. The van der Waals surface area contributed by atoms with E-state index in [0.717, 1.165) is 19.3 Å². The van der Waals surface area contributed by atoms with Crippen LogP contribution < -0.4 is 10.2 Å². The number of ether oxygens (including phenoxy) is 1. The van der Waals surface area contributed by atoms with Crippen LogP contribution >= 0.6 is 0 Å². The van der Waals surface area contributed by atoms with Crippen molar-refractivity contribution >= 4 is 29.2 Å². The Morgan fingerprint density at radius 3 is 2.64 bits per heavy atom. The molecule has 0 atom stereocenters. The lowest BCUT2D eigenvalue weighted by Gasteiger charge is -2.32. The molecule has 2 fully saturated rings. The van der Waals surface area contributed by atoms with E-state index in [1.54, 1.807) is 29.2 Å². The molecule has 0 spiro atoms. The Bertz CT molecular complexity index is 682. The lowest BCUT2D eigenvalue weighted by Crippen LogP contribution is -2.44. The molecule has 7 heteroatoms. The van der Waals surface area contributed by atoms with Crippen LogP contribution in [-0.2, 0) is 19.1 Å². The van der Waals surface area contributed by atoms with Gasteiger partial charge in [0.25, 0.3) is 5.91 Å². The molecule has 1 saturated carbocycles. The van der Waals surface area contributed by atoms with Gasteiger partial charge in [-0.3, -0.25) is 14.4 Å². The maximum absolute atomic E-state index is 12.7. The zero-order chi connectivity index (χ0) is 17.9. The first-order chi connectivity index (χ1) is 12.0. The number of carbonyl (C=O) groups excluding carboxylic acids is 2. The summed E-state index contributed by atoms with van der Waals surface area (Å²) in [5.74, 6) is -1.68. The minimum Gasteiger partial charge on any atom is -0.480 e. The highest BCUT2D eigenvalue weighted by Crippen LogP contribution is 2.38. The summed E-state index contributed by atoms with van der Waals surface area (Å²) >= 11 is 0. The summed E-state index contributed by atoms with van der Waals surface area (Å²) in [6.07, 6.45) is 3.15. The van der Waals surface area contributed by atoms with Gasteiger partial charge in [0.05, 0.1) is 6.61 Å². The molecule has 1 heterocycles. The van der Waals surface area contributed by atoms with Crippen molar-refractivity contribution < 1.29 is 24.2 Å². The molecule has 1 saturated heterocycles. The third kappa shape index (κ3) is 3.51. The molecule has 0 aromatic heterocycles. The summed E-state index contributed by atoms with van der Waals surface area (Å²) in [5.41, 5.74) is -0.199. The molecular weight excluding hydrogens is 324 g/mol. The van der Waals surface area contributed by atoms with Crippen molar-refractivity contribution in [2.75, 3.05) is 30.0 Å². The fourth-order valence-corrected chi connectivity index (χ4v) is 3.49. The van der Waals surface area contributed by atoms with Crippen LogP contribution in [-0.4, -0.2) is 42.6 Å². The maximum Gasteiger partial charge on any atom is 0.319 e. The number of amides is 2. The molecule has 0 bridgehead atoms. The summed E-state index contributed by atoms with van der Waals surface area (Å²) in [6, 6.07) is 6.92. The van der Waals surface area contributed by atoms with Crippen molar-refractivity contribution in [3.05, 3.63) is 24.3 Å². The summed E-state index contributed by atoms with van der Waals surface area (Å²) in [5, 5.41) is 12.3. The minimum atomic E-state index is -1.36. The van der Waals surface area contributed by atoms with E-state index in [2.05, 4.69) is 5.32 Å². The second-order valence-electron chi connectivity index (χ2n) is 6.55. The Labute approximate surface area is 146 Å². The zero-order valence-electron chi connectivity index (χ0n) is 14.0. The number of carbonyl (C=O) groups is 3. The normalized spacial score (nSPS) is 20.2. The van der Waals surface area contributed by atoms with E-state index < -0.39 is 17.3 Å². The number of hydrogen-bond acceptors (Lipinski definition) is 4. The van der Waals surface area contributed by atoms with Crippen LogP contribution in [0.5, 0.6) is 0 Å². The van der Waals surface area contributed by atoms with Gasteiger partial charge in [0.2, 0.25) is 5.91 Å². The van der Waals surface area contributed by atoms with Crippen molar-refractivity contribution in [3.63, 3.8) is 0 Å². The van der Waals surface area contributed by atoms with E-state index in [1.165, 1.54) is 0 Å². The number of benzene rings is 1. The van der Waals surface area contributed by atoms with Crippen LogP contribution in [0.3, 0.4) is 0 Å². The van der Waals surface area contributed by atoms with Crippen LogP contribution in [0, 0.1) is 5.41 Å². The van der Waals surface area contributed by atoms with E-state index in [1.807, 2.05) is 0 Å². The van der Waals surface area contributed by atoms with Gasteiger partial charge in [-0.1, -0.05) is 25.3 Å². The first-order valence-electron chi connectivity index (χ1n) is 8.56. The van der Waals surface area contributed by atoms with Gasteiger partial charge in [0, 0.05) is 17.9 Å². The Balaban J connectivity index is 1.78. The van der Waals surface area contributed by atoms with Gasteiger partial charge in [-0.15, -0.1) is 0 Å². The van der Waals surface area contributed by atoms with Crippen LogP contribution in [0.25, 0.3) is 0 Å². The number of carboxylic acids is 1. The fraction of sp³-hybridized carbons (Fsp3) is 0.500. The average Bonchev–Trinajstić information content (AvgIpc) is 2.62. The number of nitrogens with one attached hydrogen (secondary N) is 1. The van der Waals surface area contributed by atoms with Crippen LogP contribution in [0.1, 0.15) is 32.1 Å². The number of rotatable bonds is 4. The van der Waals surface area contributed by atoms with Crippen molar-refractivity contribution in [1.29, 1.82) is 0 Å². The first kappa shape index (κ1) is 17.4. The smallest absolute Gasteiger partial charge is 0.319 e. The van der Waals surface area contributed by atoms with Crippen molar-refractivity contribution in [3.8, 4) is 0 Å². The van der Waals surface area contributed by atoms with Crippen molar-refractivity contribution in [2.24, 2.45) is 5.41 Å². The molecular formula is C18H22N2O5. The third-order valence-electron chi connectivity index (χ3n) is 4.95. The molecule has 2 amide bonds. The van der Waals surface area contributed by atoms with Crippen LogP contribution in [0.2, 0.25) is 0 Å². The molecule has 0 unspecified atom stereocenters. The third-order valence-corrected chi connectivity index (χ3v) is 4.95. The van der Waals surface area contributed by atoms with Gasteiger partial charge in [0.1, 0.15) is 12.0 Å². The molecule has 1 aliphatic heterocycles. The van der Waals surface area contributed by atoms with E-state index in [0.29, 0.717) is 37.4 Å². The van der Waals surface area contributed by atoms with Crippen molar-refractivity contribution in [1.82, 2.24) is 0 Å². The second kappa shape index (κ2) is 7.23. The lowest BCUT2D eigenvalue weighted by atomic mass is 9.73. The molecule has 134 valence electrons. The minimum absolute atomic E-state index is 0.0404. The van der Waals surface area contributed by atoms with Gasteiger partial charge in [-0.2, -0.15) is 0 Å². The molecule has 0 radical (unpaired) electrons. The topological polar surface area (TPSA) is 95.9 Å². The quantitative estimate of drug-likeness (QED) is 0.813. The van der Waals surface area contributed by atoms with Gasteiger partial charge >= 0.3 is 5.97 Å². The Morgan fingerprint density at radius 2 is 1.96 bits per heavy atom. The zero-order valence-corrected chi connectivity index (χ0v) is 14.0. The van der Waals surface area contributed by atoms with E-state index >= 15 is 0 Å². The number of anilines is 2. The lowest BCUT2D eigenvalue weighted by molar-refractivity contribution is -0.156. The number of carboxylic acid groups (broad SMARTS) is 1. The Morgan fingerprint density at radius 1 is 1.20 bits per heavy atom. The van der Waals surface area contributed by atoms with Gasteiger partial charge < -0.3 is 20.1 Å². The molecule has 25 heavy (non-hydrogen) atoms. The van der Waals surface area contributed by atoms with E-state index in [9.17, 15) is 19.5 Å².